The second-order valence-electron chi connectivity index (χ2n) is 27.8. The minimum Gasteiger partial charge on any atom is -0.508 e. The van der Waals surface area contributed by atoms with Gasteiger partial charge in [-0.3, -0.25) is 58.3 Å². The maximum Gasteiger partial charge on any atom is 0.426 e. The van der Waals surface area contributed by atoms with Gasteiger partial charge in [0.25, 0.3) is 5.91 Å². The van der Waals surface area contributed by atoms with E-state index in [9.17, 15) is 92.3 Å². The number of hydrogen-bond donors (Lipinski definition) is 16. The molecule has 1 fully saturated rings. The molecule has 36 nitrogen and oxygen atoms in total. The molecule has 4 rings (SSSR count). The summed E-state index contributed by atoms with van der Waals surface area (Å²) in [6.45, 7) is 13.4. The molecule has 39 heteroatoms. The number of esters is 1. The average molecular weight is 1640 g/mol. The number of aliphatic carboxylic acids is 4. The van der Waals surface area contributed by atoms with E-state index in [1.165, 1.54) is 52.0 Å². The average Bonchev–Trinajstić information content (AvgIpc) is 1.61. The predicted molar refractivity (Wildman–Crippen MR) is 418 cm³/mol. The molecule has 0 bridgehead atoms. The predicted octanol–water partition coefficient (Wildman–Crippen LogP) is 4.32. The molecule has 3 aromatic rings. The van der Waals surface area contributed by atoms with E-state index >= 15 is 0 Å². The Bertz CT molecular complexity index is 3650. The van der Waals surface area contributed by atoms with Gasteiger partial charge in [0, 0.05) is 73.8 Å². The molecule has 10 atom stereocenters. The normalized spacial score (nSPS) is 15.0. The summed E-state index contributed by atoms with van der Waals surface area (Å²) in [4.78, 5) is 199. The molecule has 113 heavy (non-hydrogen) atoms. The number of rotatable bonds is 50. The SMILES string of the molecule is CCCC(=O)OCN(C(=O)[C@@H](NC(=O)[C@H]1CCCCN1C)C(C)CC)[C@H](CCc1nc(C(=O)N[C@@H](Cc2ccc(O)cc2)C[C@H](C)C(=O)NNC(=O)OCCSSCCNC(=O)[C@H](C)NC(=O)[C@H](CC(=O)O)NC(=O)Cc2ccc(CNC(=O)NCCCC[C@H](NC(=O)N[C@@H](CCC(=O)O)C(=O)O)C(=O)O)cc2)cs1)C(C)C. The highest BCUT2D eigenvalue weighted by Gasteiger charge is 2.38. The number of likely N-dealkylation sites (N-methyl/N-ethyl adjacent to an activating group) is 1. The topological polar surface area (TPSA) is 527 Å². The Kier molecular flexibility index (Phi) is 42.9. The van der Waals surface area contributed by atoms with Gasteiger partial charge in [0.15, 0.2) is 6.73 Å². The van der Waals surface area contributed by atoms with Crippen molar-refractivity contribution in [1.82, 2.24) is 73.5 Å². The molecule has 1 unspecified atom stereocenters. The van der Waals surface area contributed by atoms with E-state index in [1.54, 1.807) is 53.6 Å². The van der Waals surface area contributed by atoms with Crippen LogP contribution in [0.4, 0.5) is 14.4 Å². The molecule has 1 aliphatic rings. The number of thiazole rings is 1. The van der Waals surface area contributed by atoms with Crippen LogP contribution in [-0.2, 0) is 88.0 Å². The lowest BCUT2D eigenvalue weighted by Crippen LogP contribution is -2.59. The van der Waals surface area contributed by atoms with E-state index in [4.69, 9.17) is 14.6 Å². The van der Waals surface area contributed by atoms with Gasteiger partial charge in [-0.05, 0) is 125 Å². The van der Waals surface area contributed by atoms with Crippen molar-refractivity contribution in [3.63, 3.8) is 0 Å². The van der Waals surface area contributed by atoms with Crippen molar-refractivity contribution in [2.24, 2.45) is 17.8 Å². The summed E-state index contributed by atoms with van der Waals surface area (Å²) in [5, 5.41) is 72.3. The van der Waals surface area contributed by atoms with Gasteiger partial charge in [-0.25, -0.2) is 34.4 Å². The zero-order valence-electron chi connectivity index (χ0n) is 65.0. The largest absolute Gasteiger partial charge is 0.508 e. The van der Waals surface area contributed by atoms with E-state index < -0.39 is 145 Å². The van der Waals surface area contributed by atoms with Crippen molar-refractivity contribution in [3.05, 3.63) is 81.3 Å². The Morgan fingerprint density at radius 3 is 1.96 bits per heavy atom. The molecule has 1 aromatic heterocycles. The van der Waals surface area contributed by atoms with Crippen molar-refractivity contribution >= 4 is 122 Å². The number of carbonyl (C=O) groups excluding carboxylic acids is 11. The number of hydrogen-bond acceptors (Lipinski definition) is 23. The summed E-state index contributed by atoms with van der Waals surface area (Å²) in [5.41, 5.74) is 6.56. The first-order chi connectivity index (χ1) is 53.7. The number of likely N-dealkylation sites (tertiary alicyclic amines) is 1. The molecule has 2 heterocycles. The standard InChI is InChI=1S/C74H110N14O22S3/c1-9-15-62(95)110-42-88(69(101)63(44(5)10-2)84-68(100)57-17-12-14-32-87(57)8)56(43(3)4)27-28-59-81-55(41-111-59)67(99)79-50(37-47-22-24-51(89)25-23-47)36-45(6)64(96)85-86-74(108)109-33-35-113-112-34-31-75-65(97)46(7)78-66(98)54(39-61(93)94)80-58(90)38-48-18-20-49(21-19-48)40-77-72(106)76-30-13-11-16-52(70(102)103)82-73(107)83-53(71(104)105)26-29-60(91)92/h18-25,41,43-46,50,52-54,56-57,63,89H,9-17,26-40,42H2,1-8H3,(H,75,97)(H,78,98)(H,79,99)(H,80,90)(H,84,100)(H,85,96)(H,86,108)(H,91,92)(H,93,94)(H,102,103)(H,104,105)(H2,76,77,106)(H2,82,83,107)/t44?,45-,46-,50+,52-,53-,54-,56+,57+,63-/m0/s1. The zero-order valence-corrected chi connectivity index (χ0v) is 67.4. The number of unbranched alkanes of at least 4 members (excludes halogenated alkanes) is 1. The summed E-state index contributed by atoms with van der Waals surface area (Å²) in [7, 11) is 4.55. The third-order valence-electron chi connectivity index (χ3n) is 18.3. The summed E-state index contributed by atoms with van der Waals surface area (Å²) >= 11 is 1.26. The second-order valence-corrected chi connectivity index (χ2v) is 31.4. The molecule has 0 saturated carbocycles. The van der Waals surface area contributed by atoms with Crippen LogP contribution >= 0.6 is 32.9 Å². The number of carboxylic acid groups (broad SMARTS) is 4. The lowest BCUT2D eigenvalue weighted by molar-refractivity contribution is -0.159. The van der Waals surface area contributed by atoms with Crippen LogP contribution in [0.5, 0.6) is 5.75 Å². The Labute approximate surface area is 668 Å². The minimum atomic E-state index is -1.56. The van der Waals surface area contributed by atoms with Crippen LogP contribution in [0.15, 0.2) is 53.9 Å². The van der Waals surface area contributed by atoms with Gasteiger partial charge in [-0.2, -0.15) is 0 Å². The molecule has 0 radical (unpaired) electrons. The van der Waals surface area contributed by atoms with E-state index in [2.05, 4.69) is 58.4 Å². The van der Waals surface area contributed by atoms with E-state index in [0.717, 1.165) is 24.9 Å². The fraction of sp³-hybridized carbons (Fsp3) is 0.595. The number of hydrazine groups is 1. The number of carbonyl (C=O) groups is 15. The number of ether oxygens (including phenoxy) is 2. The fourth-order valence-electron chi connectivity index (χ4n) is 11.8. The summed E-state index contributed by atoms with van der Waals surface area (Å²) in [6.07, 6.45) is 2.46. The first kappa shape index (κ1) is 95.4. The quantitative estimate of drug-likeness (QED) is 0.0123. The molecule has 626 valence electrons. The van der Waals surface area contributed by atoms with Crippen LogP contribution in [0.2, 0.25) is 0 Å². The molecule has 0 spiro atoms. The van der Waals surface area contributed by atoms with Gasteiger partial charge in [0.1, 0.15) is 48.3 Å². The first-order valence-electron chi connectivity index (χ1n) is 37.6. The van der Waals surface area contributed by atoms with Gasteiger partial charge in [-0.15, -0.1) is 11.3 Å². The molecule has 2 aromatic carbocycles. The number of aromatic nitrogens is 1. The van der Waals surface area contributed by atoms with Gasteiger partial charge >= 0.3 is 48.0 Å². The summed E-state index contributed by atoms with van der Waals surface area (Å²) in [6, 6.07) is 3.12. The molecule has 1 aliphatic heterocycles. The van der Waals surface area contributed by atoms with Crippen molar-refractivity contribution in [1.29, 1.82) is 0 Å². The van der Waals surface area contributed by atoms with Crippen LogP contribution in [0.3, 0.4) is 0 Å². The Hall–Kier alpha value is -10.0. The first-order valence-corrected chi connectivity index (χ1v) is 40.9. The van der Waals surface area contributed by atoms with Crippen LogP contribution in [-0.4, -0.2) is 230 Å². The summed E-state index contributed by atoms with van der Waals surface area (Å²) < 4.78 is 10.9. The number of nitrogens with one attached hydrogen (secondary N) is 11. The number of aromatic hydroxyl groups is 1. The number of phenols is 1. The van der Waals surface area contributed by atoms with E-state index in [1.807, 2.05) is 51.9 Å². The zero-order chi connectivity index (χ0) is 83.7. The minimum absolute atomic E-state index is 0.0351. The maximum absolute atomic E-state index is 14.8. The molecular formula is C74H110N14O22S3. The van der Waals surface area contributed by atoms with Crippen molar-refractivity contribution < 1.29 is 107 Å². The van der Waals surface area contributed by atoms with Crippen LogP contribution in [0.1, 0.15) is 171 Å². The highest BCUT2D eigenvalue weighted by atomic mass is 33.1. The Morgan fingerprint density at radius 2 is 1.33 bits per heavy atom. The number of phenolic OH excluding ortho intramolecular Hbond substituents is 1. The van der Waals surface area contributed by atoms with Crippen LogP contribution < -0.4 is 58.7 Å². The van der Waals surface area contributed by atoms with Crippen LogP contribution in [0, 0.1) is 17.8 Å². The fourth-order valence-corrected chi connectivity index (χ4v) is 14.3. The third-order valence-corrected chi connectivity index (χ3v) is 21.6. The van der Waals surface area contributed by atoms with Crippen LogP contribution in [0.25, 0.3) is 0 Å². The molecular weight excluding hydrogens is 1530 g/mol. The summed E-state index contributed by atoms with van der Waals surface area (Å²) in [5.74, 6) is -10.3. The van der Waals surface area contributed by atoms with Gasteiger partial charge in [0.2, 0.25) is 35.4 Å². The number of benzene rings is 2. The lowest BCUT2D eigenvalue weighted by atomic mass is 9.93. The van der Waals surface area contributed by atoms with Gasteiger partial charge in [0.05, 0.1) is 23.9 Å². The van der Waals surface area contributed by atoms with E-state index in [0.29, 0.717) is 66.2 Å². The second kappa shape index (κ2) is 50.9. The van der Waals surface area contributed by atoms with Gasteiger partial charge in [-0.1, -0.05) is 112 Å². The number of aryl methyl sites for hydroxylation is 1. The molecule has 0 aliphatic carbocycles. The van der Waals surface area contributed by atoms with Crippen molar-refractivity contribution in [2.45, 2.75) is 212 Å². The number of urea groups is 2. The number of nitrogens with zero attached hydrogens (tertiary/aromatic N) is 3. The monoisotopic (exact) mass is 1640 g/mol. The molecule has 16 N–H and O–H groups in total. The molecule has 12 amide bonds. The van der Waals surface area contributed by atoms with E-state index in [-0.39, 0.29) is 113 Å². The smallest absolute Gasteiger partial charge is 0.426 e. The highest BCUT2D eigenvalue weighted by molar-refractivity contribution is 8.76. The van der Waals surface area contributed by atoms with Crippen molar-refractivity contribution in [2.75, 3.05) is 51.5 Å². The highest BCUT2D eigenvalue weighted by Crippen LogP contribution is 2.26. The Balaban J connectivity index is 1.17. The number of carboxylic acids is 4. The molecule has 1 saturated heterocycles. The number of amides is 12. The lowest BCUT2D eigenvalue weighted by Gasteiger charge is -2.39. The number of piperidine rings is 1. The van der Waals surface area contributed by atoms with Crippen molar-refractivity contribution in [3.8, 4) is 5.75 Å². The Morgan fingerprint density at radius 1 is 0.664 bits per heavy atom. The third kappa shape index (κ3) is 36.6. The maximum atomic E-state index is 14.8. The van der Waals surface area contributed by atoms with Gasteiger partial charge < -0.3 is 87.8 Å².